The third-order valence-electron chi connectivity index (χ3n) is 3.88. The molecule has 0 fully saturated rings. The number of rotatable bonds is 8. The van der Waals surface area contributed by atoms with Crippen molar-refractivity contribution >= 4 is 23.8 Å². The number of hydrogen-bond acceptors (Lipinski definition) is 4. The zero-order chi connectivity index (χ0) is 19.8. The van der Waals surface area contributed by atoms with E-state index in [0.29, 0.717) is 11.6 Å². The molecule has 0 spiro atoms. The molecule has 3 aromatic rings. The highest BCUT2D eigenvalue weighted by molar-refractivity contribution is 6.30. The second kappa shape index (κ2) is 9.58. The predicted octanol–water partition coefficient (Wildman–Crippen LogP) is 5.02. The van der Waals surface area contributed by atoms with E-state index >= 15 is 0 Å². The summed E-state index contributed by atoms with van der Waals surface area (Å²) in [5, 5.41) is 13.0. The van der Waals surface area contributed by atoms with Gasteiger partial charge in [0.1, 0.15) is 12.4 Å². The van der Waals surface area contributed by atoms with Crippen molar-refractivity contribution in [3.63, 3.8) is 0 Å². The minimum Gasteiger partial charge on any atom is -0.489 e. The maximum absolute atomic E-state index is 10.5. The van der Waals surface area contributed by atoms with E-state index in [0.717, 1.165) is 28.0 Å². The second-order valence-corrected chi connectivity index (χ2v) is 6.37. The summed E-state index contributed by atoms with van der Waals surface area (Å²) < 4.78 is 5.89. The normalized spacial score (nSPS) is 10.8. The van der Waals surface area contributed by atoms with E-state index in [1.165, 1.54) is 6.21 Å². The summed E-state index contributed by atoms with van der Waals surface area (Å²) in [7, 11) is 0. The molecular weight excluding hydrogens is 378 g/mol. The van der Waals surface area contributed by atoms with Crippen LogP contribution in [0.2, 0.25) is 5.02 Å². The lowest BCUT2D eigenvalue weighted by Gasteiger charge is -2.10. The predicted molar refractivity (Wildman–Crippen MR) is 109 cm³/mol. The first-order valence-corrected chi connectivity index (χ1v) is 8.93. The number of ether oxygens (including phenoxy) is 1. The Balaban J connectivity index is 1.74. The smallest absolute Gasteiger partial charge is 0.344 e. The van der Waals surface area contributed by atoms with Gasteiger partial charge in [-0.3, -0.25) is 0 Å². The number of halogens is 1. The highest BCUT2D eigenvalue weighted by atomic mass is 35.5. The Morgan fingerprint density at radius 3 is 2.61 bits per heavy atom. The van der Waals surface area contributed by atoms with Crippen LogP contribution in [-0.4, -0.2) is 23.9 Å². The molecule has 0 saturated carbocycles. The van der Waals surface area contributed by atoms with E-state index in [4.69, 9.17) is 26.3 Å². The summed E-state index contributed by atoms with van der Waals surface area (Å²) in [6.07, 6.45) is 1.50. The molecule has 6 heteroatoms. The third-order valence-corrected chi connectivity index (χ3v) is 4.13. The van der Waals surface area contributed by atoms with Crippen LogP contribution >= 0.6 is 11.6 Å². The van der Waals surface area contributed by atoms with E-state index in [9.17, 15) is 4.79 Å². The first kappa shape index (κ1) is 19.5. The van der Waals surface area contributed by atoms with Crippen LogP contribution < -0.4 is 4.74 Å². The number of benzene rings is 3. The van der Waals surface area contributed by atoms with Crippen LogP contribution in [0, 0.1) is 0 Å². The van der Waals surface area contributed by atoms with Gasteiger partial charge in [-0.05, 0) is 41.0 Å². The van der Waals surface area contributed by atoms with Gasteiger partial charge in [-0.25, -0.2) is 4.79 Å². The SMILES string of the molecule is O=C(O)CON=Cc1ccccc1-c1cccc(OCc2ccc(Cl)cc2)c1. The summed E-state index contributed by atoms with van der Waals surface area (Å²) in [5.74, 6) is -0.336. The lowest BCUT2D eigenvalue weighted by atomic mass is 10.0. The molecule has 0 bridgehead atoms. The van der Waals surface area contributed by atoms with Gasteiger partial charge in [0.2, 0.25) is 6.61 Å². The standard InChI is InChI=1S/C22H18ClNO4/c23-19-10-8-16(9-11-19)14-27-20-6-3-5-17(12-20)21-7-2-1-4-18(21)13-24-28-15-22(25)26/h1-13H,14-15H2,(H,25,26). The first-order valence-electron chi connectivity index (χ1n) is 8.55. The molecule has 0 aromatic heterocycles. The molecule has 3 rings (SSSR count). The van der Waals surface area contributed by atoms with Crippen LogP contribution in [0.3, 0.4) is 0 Å². The number of aliphatic carboxylic acids is 1. The lowest BCUT2D eigenvalue weighted by molar-refractivity contribution is -0.142. The number of carboxylic acid groups (broad SMARTS) is 1. The molecule has 28 heavy (non-hydrogen) atoms. The van der Waals surface area contributed by atoms with Gasteiger partial charge >= 0.3 is 5.97 Å². The zero-order valence-corrected chi connectivity index (χ0v) is 15.7. The fourth-order valence-corrected chi connectivity index (χ4v) is 2.69. The van der Waals surface area contributed by atoms with Crippen LogP contribution in [0.15, 0.2) is 78.0 Å². The number of carbonyl (C=O) groups is 1. The number of nitrogens with zero attached hydrogens (tertiary/aromatic N) is 1. The van der Waals surface area contributed by atoms with Crippen molar-refractivity contribution in [2.75, 3.05) is 6.61 Å². The largest absolute Gasteiger partial charge is 0.489 e. The van der Waals surface area contributed by atoms with Crippen molar-refractivity contribution in [3.8, 4) is 16.9 Å². The summed E-state index contributed by atoms with van der Waals surface area (Å²) in [6, 6.07) is 22.9. The molecule has 0 heterocycles. The Labute approximate surface area is 167 Å². The monoisotopic (exact) mass is 395 g/mol. The molecule has 0 radical (unpaired) electrons. The fourth-order valence-electron chi connectivity index (χ4n) is 2.56. The van der Waals surface area contributed by atoms with Gasteiger partial charge in [-0.2, -0.15) is 0 Å². The maximum atomic E-state index is 10.5. The van der Waals surface area contributed by atoms with Crippen molar-refractivity contribution in [1.82, 2.24) is 0 Å². The van der Waals surface area contributed by atoms with Gasteiger partial charge in [0, 0.05) is 10.6 Å². The number of oxime groups is 1. The van der Waals surface area contributed by atoms with Crippen molar-refractivity contribution in [3.05, 3.63) is 88.9 Å². The molecule has 0 aliphatic heterocycles. The molecule has 0 saturated heterocycles. The summed E-state index contributed by atoms with van der Waals surface area (Å²) in [6.45, 7) is -0.0422. The molecule has 0 unspecified atom stereocenters. The molecule has 5 nitrogen and oxygen atoms in total. The Morgan fingerprint density at radius 1 is 1.04 bits per heavy atom. The third kappa shape index (κ3) is 5.59. The van der Waals surface area contributed by atoms with Crippen LogP contribution in [0.5, 0.6) is 5.75 Å². The van der Waals surface area contributed by atoms with Crippen LogP contribution in [0.4, 0.5) is 0 Å². The fraction of sp³-hybridized carbons (Fsp3) is 0.0909. The van der Waals surface area contributed by atoms with Crippen molar-refractivity contribution in [2.24, 2.45) is 5.16 Å². The van der Waals surface area contributed by atoms with Crippen LogP contribution in [-0.2, 0) is 16.2 Å². The quantitative estimate of drug-likeness (QED) is 0.429. The Morgan fingerprint density at radius 2 is 1.82 bits per heavy atom. The Hall–Kier alpha value is -3.31. The second-order valence-electron chi connectivity index (χ2n) is 5.93. The van der Waals surface area contributed by atoms with Crippen molar-refractivity contribution in [2.45, 2.75) is 6.61 Å². The molecule has 0 atom stereocenters. The minimum absolute atomic E-state index is 0.437. The minimum atomic E-state index is -1.07. The number of carboxylic acids is 1. The highest BCUT2D eigenvalue weighted by Crippen LogP contribution is 2.27. The van der Waals surface area contributed by atoms with Gasteiger partial charge in [-0.15, -0.1) is 0 Å². The van der Waals surface area contributed by atoms with Gasteiger partial charge < -0.3 is 14.7 Å². The van der Waals surface area contributed by atoms with E-state index in [1.807, 2.05) is 72.8 Å². The van der Waals surface area contributed by atoms with Gasteiger partial charge in [0.15, 0.2) is 0 Å². The van der Waals surface area contributed by atoms with E-state index in [1.54, 1.807) is 0 Å². The Kier molecular flexibility index (Phi) is 6.65. The average Bonchev–Trinajstić information content (AvgIpc) is 2.71. The van der Waals surface area contributed by atoms with E-state index in [2.05, 4.69) is 5.16 Å². The lowest BCUT2D eigenvalue weighted by Crippen LogP contribution is -2.03. The van der Waals surface area contributed by atoms with E-state index < -0.39 is 12.6 Å². The summed E-state index contributed by atoms with van der Waals surface area (Å²) in [5.41, 5.74) is 3.72. The van der Waals surface area contributed by atoms with Crippen molar-refractivity contribution in [1.29, 1.82) is 0 Å². The average molecular weight is 396 g/mol. The zero-order valence-electron chi connectivity index (χ0n) is 14.9. The topological polar surface area (TPSA) is 68.1 Å². The maximum Gasteiger partial charge on any atom is 0.344 e. The molecule has 0 aliphatic rings. The molecule has 0 aliphatic carbocycles. The summed E-state index contributed by atoms with van der Waals surface area (Å²) >= 11 is 5.90. The molecule has 3 aromatic carbocycles. The molecule has 142 valence electrons. The van der Waals surface area contributed by atoms with Gasteiger partial charge in [0.25, 0.3) is 0 Å². The Bertz CT molecular complexity index is 970. The first-order chi connectivity index (χ1) is 13.6. The summed E-state index contributed by atoms with van der Waals surface area (Å²) in [4.78, 5) is 15.2. The number of hydrogen-bond donors (Lipinski definition) is 1. The van der Waals surface area contributed by atoms with Gasteiger partial charge in [-0.1, -0.05) is 65.3 Å². The molecular formula is C22H18ClNO4. The van der Waals surface area contributed by atoms with E-state index in [-0.39, 0.29) is 0 Å². The van der Waals surface area contributed by atoms with Crippen LogP contribution in [0.25, 0.3) is 11.1 Å². The highest BCUT2D eigenvalue weighted by Gasteiger charge is 2.05. The van der Waals surface area contributed by atoms with Gasteiger partial charge in [0.05, 0.1) is 6.21 Å². The van der Waals surface area contributed by atoms with Crippen LogP contribution in [0.1, 0.15) is 11.1 Å². The molecule has 0 amide bonds. The van der Waals surface area contributed by atoms with Crippen molar-refractivity contribution < 1.29 is 19.5 Å². The molecule has 1 N–H and O–H groups in total.